The molecule has 1 N–H and O–H groups in total. The molecule has 1 atom stereocenters. The second kappa shape index (κ2) is 6.27. The van der Waals surface area contributed by atoms with Crippen molar-refractivity contribution in [2.75, 3.05) is 24.6 Å². The fourth-order valence-electron chi connectivity index (χ4n) is 3.03. The third kappa shape index (κ3) is 2.96. The molecule has 20 heavy (non-hydrogen) atoms. The van der Waals surface area contributed by atoms with Crippen molar-refractivity contribution in [1.29, 1.82) is 0 Å². The quantitative estimate of drug-likeness (QED) is 0.920. The second-order valence-corrected chi connectivity index (χ2v) is 5.55. The fraction of sp³-hybridized carbons (Fsp3) is 0.562. The van der Waals surface area contributed by atoms with Crippen LogP contribution in [0.2, 0.25) is 0 Å². The summed E-state index contributed by atoms with van der Waals surface area (Å²) in [5.74, 6) is 1.04. The maximum Gasteiger partial charge on any atom is 0.227 e. The SMILES string of the molecule is O=C(CCC1CCCCN1)N1CCOc2ccccc21. The molecule has 0 aromatic heterocycles. The summed E-state index contributed by atoms with van der Waals surface area (Å²) in [7, 11) is 0. The van der Waals surface area contributed by atoms with Gasteiger partial charge in [-0.05, 0) is 37.9 Å². The number of carbonyl (C=O) groups excluding carboxylic acids is 1. The Morgan fingerprint density at radius 2 is 2.25 bits per heavy atom. The molecule has 1 aromatic carbocycles. The highest BCUT2D eigenvalue weighted by atomic mass is 16.5. The number of nitrogens with zero attached hydrogens (tertiary/aromatic N) is 1. The molecule has 2 aliphatic heterocycles. The standard InChI is InChI=1S/C16H22N2O2/c19-16(9-8-13-5-3-4-10-17-13)18-11-12-20-15-7-2-1-6-14(15)18/h1-2,6-7,13,17H,3-5,8-12H2. The lowest BCUT2D eigenvalue weighted by Crippen LogP contribution is -2.39. The highest BCUT2D eigenvalue weighted by Crippen LogP contribution is 2.31. The van der Waals surface area contributed by atoms with Crippen molar-refractivity contribution in [2.45, 2.75) is 38.1 Å². The van der Waals surface area contributed by atoms with Crippen molar-refractivity contribution in [3.05, 3.63) is 24.3 Å². The van der Waals surface area contributed by atoms with E-state index in [1.54, 1.807) is 0 Å². The number of hydrogen-bond donors (Lipinski definition) is 1. The largest absolute Gasteiger partial charge is 0.490 e. The van der Waals surface area contributed by atoms with Crippen molar-refractivity contribution in [3.63, 3.8) is 0 Å². The molecular formula is C16H22N2O2. The van der Waals surface area contributed by atoms with Gasteiger partial charge in [0.25, 0.3) is 0 Å². The number of hydrogen-bond acceptors (Lipinski definition) is 3. The van der Waals surface area contributed by atoms with E-state index in [0.717, 1.165) is 24.4 Å². The molecule has 1 aromatic rings. The summed E-state index contributed by atoms with van der Waals surface area (Å²) >= 11 is 0. The zero-order valence-corrected chi connectivity index (χ0v) is 11.8. The molecule has 108 valence electrons. The number of nitrogens with one attached hydrogen (secondary N) is 1. The predicted molar refractivity (Wildman–Crippen MR) is 79.2 cm³/mol. The number of rotatable bonds is 3. The Morgan fingerprint density at radius 1 is 1.35 bits per heavy atom. The van der Waals surface area contributed by atoms with Crippen LogP contribution < -0.4 is 15.0 Å². The van der Waals surface area contributed by atoms with Crippen LogP contribution in [0.15, 0.2) is 24.3 Å². The molecule has 2 aliphatic rings. The van der Waals surface area contributed by atoms with Gasteiger partial charge in [0.2, 0.25) is 5.91 Å². The molecule has 4 nitrogen and oxygen atoms in total. The molecule has 2 heterocycles. The number of para-hydroxylation sites is 2. The van der Waals surface area contributed by atoms with E-state index in [1.807, 2.05) is 29.2 Å². The Morgan fingerprint density at radius 3 is 3.10 bits per heavy atom. The van der Waals surface area contributed by atoms with Crippen LogP contribution in [0.1, 0.15) is 32.1 Å². The molecular weight excluding hydrogens is 252 g/mol. The second-order valence-electron chi connectivity index (χ2n) is 5.55. The highest BCUT2D eigenvalue weighted by molar-refractivity contribution is 5.95. The van der Waals surface area contributed by atoms with Gasteiger partial charge in [-0.3, -0.25) is 4.79 Å². The summed E-state index contributed by atoms with van der Waals surface area (Å²) in [6.07, 6.45) is 5.31. The summed E-state index contributed by atoms with van der Waals surface area (Å²) in [5.41, 5.74) is 0.917. The minimum Gasteiger partial charge on any atom is -0.490 e. The topological polar surface area (TPSA) is 41.6 Å². The Hall–Kier alpha value is -1.55. The number of fused-ring (bicyclic) bond motifs is 1. The summed E-state index contributed by atoms with van der Waals surface area (Å²) in [5, 5.41) is 3.50. The zero-order chi connectivity index (χ0) is 13.8. The van der Waals surface area contributed by atoms with Crippen molar-refractivity contribution in [3.8, 4) is 5.75 Å². The van der Waals surface area contributed by atoms with Gasteiger partial charge >= 0.3 is 0 Å². The lowest BCUT2D eigenvalue weighted by molar-refractivity contribution is -0.119. The first-order valence-electron chi connectivity index (χ1n) is 7.60. The van der Waals surface area contributed by atoms with E-state index in [-0.39, 0.29) is 5.91 Å². The predicted octanol–water partition coefficient (Wildman–Crippen LogP) is 2.33. The van der Waals surface area contributed by atoms with Crippen LogP contribution in [0.3, 0.4) is 0 Å². The first-order chi connectivity index (χ1) is 9.84. The number of benzene rings is 1. The minimum absolute atomic E-state index is 0.216. The van der Waals surface area contributed by atoms with E-state index in [1.165, 1.54) is 19.3 Å². The first kappa shape index (κ1) is 13.4. The van der Waals surface area contributed by atoms with Crippen LogP contribution in [-0.4, -0.2) is 31.6 Å². The number of amides is 1. The number of piperidine rings is 1. The van der Waals surface area contributed by atoms with Gasteiger partial charge in [0.15, 0.2) is 0 Å². The highest BCUT2D eigenvalue weighted by Gasteiger charge is 2.24. The van der Waals surface area contributed by atoms with Gasteiger partial charge < -0.3 is 15.0 Å². The van der Waals surface area contributed by atoms with Gasteiger partial charge in [0.05, 0.1) is 12.2 Å². The Balaban J connectivity index is 1.60. The van der Waals surface area contributed by atoms with Crippen LogP contribution in [0, 0.1) is 0 Å². The maximum atomic E-state index is 12.4. The lowest BCUT2D eigenvalue weighted by atomic mass is 10.00. The Labute approximate surface area is 120 Å². The van der Waals surface area contributed by atoms with Crippen LogP contribution in [-0.2, 0) is 4.79 Å². The van der Waals surface area contributed by atoms with Crippen molar-refractivity contribution >= 4 is 11.6 Å². The van der Waals surface area contributed by atoms with Gasteiger partial charge in [-0.1, -0.05) is 18.6 Å². The van der Waals surface area contributed by atoms with Gasteiger partial charge in [-0.2, -0.15) is 0 Å². The normalized spacial score (nSPS) is 22.0. The summed E-state index contributed by atoms with van der Waals surface area (Å²) in [6, 6.07) is 8.31. The third-order valence-corrected chi connectivity index (χ3v) is 4.15. The average Bonchev–Trinajstić information content (AvgIpc) is 2.53. The molecule has 1 fully saturated rings. The Bertz CT molecular complexity index is 469. The van der Waals surface area contributed by atoms with E-state index in [4.69, 9.17) is 4.74 Å². The number of carbonyl (C=O) groups is 1. The molecule has 0 radical (unpaired) electrons. The van der Waals surface area contributed by atoms with E-state index in [9.17, 15) is 4.79 Å². The van der Waals surface area contributed by atoms with Gasteiger partial charge in [0, 0.05) is 12.5 Å². The molecule has 0 saturated carbocycles. The minimum atomic E-state index is 0.216. The number of anilines is 1. The zero-order valence-electron chi connectivity index (χ0n) is 11.8. The van der Waals surface area contributed by atoms with Crippen LogP contribution in [0.25, 0.3) is 0 Å². The smallest absolute Gasteiger partial charge is 0.227 e. The van der Waals surface area contributed by atoms with Crippen LogP contribution in [0.5, 0.6) is 5.75 Å². The Kier molecular flexibility index (Phi) is 4.21. The summed E-state index contributed by atoms with van der Waals surface area (Å²) in [6.45, 7) is 2.34. The summed E-state index contributed by atoms with van der Waals surface area (Å²) in [4.78, 5) is 14.3. The van der Waals surface area contributed by atoms with Crippen molar-refractivity contribution < 1.29 is 9.53 Å². The van der Waals surface area contributed by atoms with E-state index in [0.29, 0.717) is 25.6 Å². The average molecular weight is 274 g/mol. The maximum absolute atomic E-state index is 12.4. The molecule has 0 aliphatic carbocycles. The third-order valence-electron chi connectivity index (χ3n) is 4.15. The molecule has 1 unspecified atom stereocenters. The summed E-state index contributed by atoms with van der Waals surface area (Å²) < 4.78 is 5.59. The van der Waals surface area contributed by atoms with E-state index in [2.05, 4.69) is 5.32 Å². The first-order valence-corrected chi connectivity index (χ1v) is 7.60. The van der Waals surface area contributed by atoms with Gasteiger partial charge in [-0.25, -0.2) is 0 Å². The van der Waals surface area contributed by atoms with E-state index < -0.39 is 0 Å². The van der Waals surface area contributed by atoms with Crippen molar-refractivity contribution in [1.82, 2.24) is 5.32 Å². The van der Waals surface area contributed by atoms with Gasteiger partial charge in [0.1, 0.15) is 12.4 Å². The fourth-order valence-corrected chi connectivity index (χ4v) is 3.03. The van der Waals surface area contributed by atoms with Crippen LogP contribution in [0.4, 0.5) is 5.69 Å². The molecule has 4 heteroatoms. The monoisotopic (exact) mass is 274 g/mol. The molecule has 0 spiro atoms. The van der Waals surface area contributed by atoms with Crippen molar-refractivity contribution in [2.24, 2.45) is 0 Å². The molecule has 0 bridgehead atoms. The molecule has 3 rings (SSSR count). The molecule has 1 amide bonds. The molecule has 1 saturated heterocycles. The number of ether oxygens (including phenoxy) is 1. The van der Waals surface area contributed by atoms with Gasteiger partial charge in [-0.15, -0.1) is 0 Å². The lowest BCUT2D eigenvalue weighted by Gasteiger charge is -2.30. The van der Waals surface area contributed by atoms with E-state index >= 15 is 0 Å². The van der Waals surface area contributed by atoms with Crippen LogP contribution >= 0.6 is 0 Å².